The van der Waals surface area contributed by atoms with Crippen LogP contribution in [0.15, 0.2) is 61.3 Å². The largest absolute Gasteiger partial charge is 0.352 e. The van der Waals surface area contributed by atoms with Gasteiger partial charge in [0.05, 0.1) is 39.7 Å². The van der Waals surface area contributed by atoms with E-state index in [0.717, 1.165) is 48.6 Å². The number of nitrogens with one attached hydrogen (secondary N) is 2. The first-order chi connectivity index (χ1) is 15.7. The summed E-state index contributed by atoms with van der Waals surface area (Å²) in [5.74, 6) is 0.0594. The molecule has 0 aliphatic carbocycles. The molecule has 0 aliphatic heterocycles. The molecule has 6 aromatic rings. The molecule has 154 valence electrons. The maximum absolute atomic E-state index is 11.7. The van der Waals surface area contributed by atoms with Crippen LogP contribution < -0.4 is 0 Å². The Morgan fingerprint density at radius 1 is 0.969 bits per heavy atom. The quantitative estimate of drug-likeness (QED) is 0.380. The fourth-order valence-electron chi connectivity index (χ4n) is 3.71. The van der Waals surface area contributed by atoms with E-state index in [1.165, 1.54) is 11.3 Å². The van der Waals surface area contributed by atoms with Gasteiger partial charge in [0, 0.05) is 34.4 Å². The highest BCUT2D eigenvalue weighted by Crippen LogP contribution is 2.36. The summed E-state index contributed by atoms with van der Waals surface area (Å²) in [6, 6.07) is 9.70. The number of nitrogens with zero attached hydrogens (tertiary/aromatic N) is 5. The van der Waals surface area contributed by atoms with Crippen molar-refractivity contribution in [2.75, 3.05) is 0 Å². The number of H-pyrrole nitrogens is 2. The number of aromatic nitrogens is 7. The van der Waals surface area contributed by atoms with Crippen molar-refractivity contribution in [3.8, 4) is 33.2 Å². The standard InChI is InChI=1S/C23H15N7OS/c1-12(31)20-4-5-21(32-20)14-9-25-10-18-13(14)8-17(27-18)23-22-16(29-30-23)3-2-15(28-22)19-11-24-6-7-26-19/h2-11,27H,1H3,(H,29,30). The molecule has 0 aromatic carbocycles. The van der Waals surface area contributed by atoms with E-state index >= 15 is 0 Å². The van der Waals surface area contributed by atoms with Gasteiger partial charge in [-0.15, -0.1) is 11.3 Å². The van der Waals surface area contributed by atoms with Crippen LogP contribution in [0.25, 0.3) is 55.2 Å². The summed E-state index contributed by atoms with van der Waals surface area (Å²) in [4.78, 5) is 34.5. The molecule has 0 radical (unpaired) electrons. The third-order valence-corrected chi connectivity index (χ3v) is 6.47. The molecule has 0 bridgehead atoms. The first-order valence-corrected chi connectivity index (χ1v) is 10.7. The summed E-state index contributed by atoms with van der Waals surface area (Å²) in [5, 5.41) is 8.57. The number of thiophene rings is 1. The second-order valence-electron chi connectivity index (χ2n) is 7.31. The molecule has 0 aliphatic rings. The predicted octanol–water partition coefficient (Wildman–Crippen LogP) is 4.89. The number of ketones is 1. The van der Waals surface area contributed by atoms with Gasteiger partial charge in [-0.2, -0.15) is 5.10 Å². The van der Waals surface area contributed by atoms with E-state index in [4.69, 9.17) is 4.98 Å². The number of carbonyl (C=O) groups is 1. The number of hydrogen-bond donors (Lipinski definition) is 2. The van der Waals surface area contributed by atoms with E-state index in [-0.39, 0.29) is 5.78 Å². The summed E-state index contributed by atoms with van der Waals surface area (Å²) < 4.78 is 0. The Bertz CT molecular complexity index is 1610. The van der Waals surface area contributed by atoms with Gasteiger partial charge >= 0.3 is 0 Å². The third-order valence-electron chi connectivity index (χ3n) is 5.25. The fourth-order valence-corrected chi connectivity index (χ4v) is 4.63. The van der Waals surface area contributed by atoms with Crippen LogP contribution in [0, 0.1) is 0 Å². The minimum absolute atomic E-state index is 0.0594. The molecule has 32 heavy (non-hydrogen) atoms. The molecule has 6 rings (SSSR count). The van der Waals surface area contributed by atoms with E-state index in [0.29, 0.717) is 11.4 Å². The molecular formula is C23H15N7OS. The van der Waals surface area contributed by atoms with Crippen LogP contribution in [0.3, 0.4) is 0 Å². The smallest absolute Gasteiger partial charge is 0.169 e. The Labute approximate surface area is 185 Å². The van der Waals surface area contributed by atoms with E-state index < -0.39 is 0 Å². The Balaban J connectivity index is 1.49. The average Bonchev–Trinajstić information content (AvgIpc) is 3.56. The molecule has 9 heteroatoms. The summed E-state index contributed by atoms with van der Waals surface area (Å²) in [6.45, 7) is 1.58. The maximum Gasteiger partial charge on any atom is 0.169 e. The van der Waals surface area contributed by atoms with Crippen LogP contribution >= 0.6 is 11.3 Å². The van der Waals surface area contributed by atoms with Crippen molar-refractivity contribution < 1.29 is 4.79 Å². The summed E-state index contributed by atoms with van der Waals surface area (Å²) in [5.41, 5.74) is 6.38. The lowest BCUT2D eigenvalue weighted by atomic mass is 10.1. The zero-order valence-corrected chi connectivity index (χ0v) is 17.6. The average molecular weight is 437 g/mol. The van der Waals surface area contributed by atoms with Gasteiger partial charge in [-0.25, -0.2) is 4.98 Å². The van der Waals surface area contributed by atoms with Crippen molar-refractivity contribution in [2.24, 2.45) is 0 Å². The zero-order chi connectivity index (χ0) is 21.7. The van der Waals surface area contributed by atoms with Crippen molar-refractivity contribution in [3.05, 3.63) is 66.2 Å². The van der Waals surface area contributed by atoms with Crippen LogP contribution in [-0.2, 0) is 0 Å². The number of pyridine rings is 2. The minimum Gasteiger partial charge on any atom is -0.352 e. The molecule has 0 spiro atoms. The Hall–Kier alpha value is -4.24. The zero-order valence-electron chi connectivity index (χ0n) is 16.8. The molecular weight excluding hydrogens is 422 g/mol. The van der Waals surface area contributed by atoms with Gasteiger partial charge in [0.25, 0.3) is 0 Å². The summed E-state index contributed by atoms with van der Waals surface area (Å²) in [6.07, 6.45) is 8.57. The highest BCUT2D eigenvalue weighted by atomic mass is 32.1. The Morgan fingerprint density at radius 2 is 1.91 bits per heavy atom. The topological polar surface area (TPSA) is 113 Å². The number of rotatable bonds is 4. The van der Waals surface area contributed by atoms with Crippen molar-refractivity contribution in [1.29, 1.82) is 0 Å². The number of fused-ring (bicyclic) bond motifs is 2. The fraction of sp³-hybridized carbons (Fsp3) is 0.0435. The lowest BCUT2D eigenvalue weighted by molar-refractivity contribution is 0.102. The Morgan fingerprint density at radius 3 is 2.72 bits per heavy atom. The first kappa shape index (κ1) is 18.5. The molecule has 6 heterocycles. The molecule has 0 fully saturated rings. The van der Waals surface area contributed by atoms with Crippen LogP contribution in [0.1, 0.15) is 16.6 Å². The molecule has 2 N–H and O–H groups in total. The van der Waals surface area contributed by atoms with Crippen molar-refractivity contribution in [1.82, 2.24) is 35.1 Å². The van der Waals surface area contributed by atoms with Crippen LogP contribution in [0.2, 0.25) is 0 Å². The molecule has 0 saturated carbocycles. The lowest BCUT2D eigenvalue weighted by Crippen LogP contribution is -1.89. The van der Waals surface area contributed by atoms with Crippen LogP contribution in [-0.4, -0.2) is 40.9 Å². The molecule has 0 amide bonds. The third kappa shape index (κ3) is 2.98. The Kier molecular flexibility index (Phi) is 4.15. The van der Waals surface area contributed by atoms with Crippen LogP contribution in [0.5, 0.6) is 0 Å². The maximum atomic E-state index is 11.7. The first-order valence-electron chi connectivity index (χ1n) is 9.87. The van der Waals surface area contributed by atoms with Crippen LogP contribution in [0.4, 0.5) is 0 Å². The predicted molar refractivity (Wildman–Crippen MR) is 123 cm³/mol. The van der Waals surface area contributed by atoms with Crippen molar-refractivity contribution in [3.63, 3.8) is 0 Å². The number of aromatic amines is 2. The minimum atomic E-state index is 0.0594. The molecule has 0 atom stereocenters. The molecule has 6 aromatic heterocycles. The summed E-state index contributed by atoms with van der Waals surface area (Å²) in [7, 11) is 0. The molecule has 0 saturated heterocycles. The lowest BCUT2D eigenvalue weighted by Gasteiger charge is -1.99. The summed E-state index contributed by atoms with van der Waals surface area (Å²) >= 11 is 1.47. The van der Waals surface area contributed by atoms with Gasteiger partial charge in [-0.05, 0) is 37.3 Å². The van der Waals surface area contributed by atoms with E-state index in [1.54, 1.807) is 31.7 Å². The van der Waals surface area contributed by atoms with Gasteiger partial charge in [-0.3, -0.25) is 24.8 Å². The van der Waals surface area contributed by atoms with Gasteiger partial charge in [-0.1, -0.05) is 0 Å². The second-order valence-corrected chi connectivity index (χ2v) is 8.39. The van der Waals surface area contributed by atoms with E-state index in [2.05, 4.69) is 30.1 Å². The number of hydrogen-bond acceptors (Lipinski definition) is 7. The molecule has 0 unspecified atom stereocenters. The number of carbonyl (C=O) groups excluding carboxylic acids is 1. The van der Waals surface area contributed by atoms with E-state index in [1.807, 2.05) is 36.5 Å². The second kappa shape index (κ2) is 7.17. The van der Waals surface area contributed by atoms with Gasteiger partial charge in [0.2, 0.25) is 0 Å². The van der Waals surface area contributed by atoms with Crippen molar-refractivity contribution in [2.45, 2.75) is 6.92 Å². The van der Waals surface area contributed by atoms with E-state index in [9.17, 15) is 4.79 Å². The van der Waals surface area contributed by atoms with Gasteiger partial charge < -0.3 is 4.98 Å². The monoisotopic (exact) mass is 437 g/mol. The van der Waals surface area contributed by atoms with Gasteiger partial charge in [0.1, 0.15) is 16.9 Å². The number of Topliss-reactive ketones (excluding diaryl/α,β-unsaturated/α-hetero) is 1. The van der Waals surface area contributed by atoms with Gasteiger partial charge in [0.15, 0.2) is 5.78 Å². The molecule has 8 nitrogen and oxygen atoms in total. The highest BCUT2D eigenvalue weighted by molar-refractivity contribution is 7.17. The van der Waals surface area contributed by atoms with Crippen molar-refractivity contribution >= 4 is 39.1 Å². The SMILES string of the molecule is CC(=O)c1ccc(-c2cncc3[nH]c(-c4n[nH]c5ccc(-c6cnccn6)nc45)cc23)s1. The highest BCUT2D eigenvalue weighted by Gasteiger charge is 2.17. The normalized spacial score (nSPS) is 11.4.